The van der Waals surface area contributed by atoms with Crippen LogP contribution in [0.15, 0.2) is 88.8 Å². The van der Waals surface area contributed by atoms with Crippen molar-refractivity contribution in [3.63, 3.8) is 0 Å². The fourth-order valence-corrected chi connectivity index (χ4v) is 4.37. The average Bonchev–Trinajstić information content (AvgIpc) is 2.68. The molecule has 0 bridgehead atoms. The molecule has 0 atom stereocenters. The van der Waals surface area contributed by atoms with Crippen molar-refractivity contribution in [3.8, 4) is 11.1 Å². The molecule has 3 aromatic carbocycles. The molecule has 0 fully saturated rings. The quantitative estimate of drug-likeness (QED) is 0.486. The topological polar surface area (TPSA) is 47.0 Å². The van der Waals surface area contributed by atoms with Gasteiger partial charge in [0.2, 0.25) is 9.84 Å². The molecule has 0 aliphatic carbocycles. The Morgan fingerprint density at radius 2 is 1.41 bits per heavy atom. The molecule has 4 aromatic rings. The monoisotopic (exact) mass is 373 g/mol. The molecular weight excluding hydrogens is 354 g/mol. The molecule has 0 amide bonds. The van der Waals surface area contributed by atoms with Gasteiger partial charge in [-0.15, -0.1) is 0 Å². The van der Waals surface area contributed by atoms with E-state index in [2.05, 4.69) is 4.98 Å². The van der Waals surface area contributed by atoms with Gasteiger partial charge in [0.1, 0.15) is 0 Å². The molecule has 27 heavy (non-hydrogen) atoms. The van der Waals surface area contributed by atoms with E-state index in [1.54, 1.807) is 30.3 Å². The van der Waals surface area contributed by atoms with Crippen molar-refractivity contribution < 1.29 is 8.42 Å². The summed E-state index contributed by atoms with van der Waals surface area (Å²) in [7, 11) is -3.70. The highest BCUT2D eigenvalue weighted by Gasteiger charge is 2.21. The number of sulfone groups is 1. The van der Waals surface area contributed by atoms with Gasteiger partial charge < -0.3 is 0 Å². The molecule has 0 unspecified atom stereocenters. The van der Waals surface area contributed by atoms with Crippen LogP contribution in [0.25, 0.3) is 22.0 Å². The van der Waals surface area contributed by atoms with Crippen LogP contribution in [0.3, 0.4) is 0 Å². The van der Waals surface area contributed by atoms with Crippen LogP contribution in [0.1, 0.15) is 11.1 Å². The fourth-order valence-electron chi connectivity index (χ4n) is 3.15. The van der Waals surface area contributed by atoms with Gasteiger partial charge in [0.15, 0.2) is 5.03 Å². The second kappa shape index (κ2) is 6.63. The Labute approximate surface area is 159 Å². The largest absolute Gasteiger partial charge is 0.236 e. The molecule has 1 aromatic heterocycles. The first-order valence-electron chi connectivity index (χ1n) is 8.74. The molecular formula is C23H19NO2S. The lowest BCUT2D eigenvalue weighted by Gasteiger charge is -2.11. The summed E-state index contributed by atoms with van der Waals surface area (Å²) in [6.07, 6.45) is 0. The highest BCUT2D eigenvalue weighted by Crippen LogP contribution is 2.32. The molecule has 0 radical (unpaired) electrons. The van der Waals surface area contributed by atoms with Crippen molar-refractivity contribution in [1.82, 2.24) is 4.98 Å². The van der Waals surface area contributed by atoms with E-state index in [4.69, 9.17) is 0 Å². The number of aryl methyl sites for hydroxylation is 2. The van der Waals surface area contributed by atoms with Gasteiger partial charge in [-0.1, -0.05) is 60.2 Å². The molecule has 0 aliphatic heterocycles. The lowest BCUT2D eigenvalue weighted by molar-refractivity contribution is 0.593. The van der Waals surface area contributed by atoms with E-state index in [9.17, 15) is 8.42 Å². The summed E-state index contributed by atoms with van der Waals surface area (Å²) < 4.78 is 26.4. The number of rotatable bonds is 3. The Hall–Kier alpha value is -2.98. The summed E-state index contributed by atoms with van der Waals surface area (Å²) in [6, 6.07) is 24.3. The van der Waals surface area contributed by atoms with Gasteiger partial charge in [0.05, 0.1) is 10.4 Å². The van der Waals surface area contributed by atoms with Crippen LogP contribution in [0.4, 0.5) is 0 Å². The van der Waals surface area contributed by atoms with Gasteiger partial charge in [-0.2, -0.15) is 0 Å². The molecule has 3 nitrogen and oxygen atoms in total. The lowest BCUT2D eigenvalue weighted by atomic mass is 10.0. The minimum absolute atomic E-state index is 0.0725. The van der Waals surface area contributed by atoms with Crippen molar-refractivity contribution in [2.75, 3.05) is 0 Å². The number of hydrogen-bond donors (Lipinski definition) is 0. The van der Waals surface area contributed by atoms with E-state index in [1.807, 2.05) is 62.4 Å². The molecule has 134 valence electrons. The second-order valence-electron chi connectivity index (χ2n) is 6.71. The van der Waals surface area contributed by atoms with Crippen molar-refractivity contribution in [2.45, 2.75) is 23.8 Å². The molecule has 0 aliphatic rings. The highest BCUT2D eigenvalue weighted by atomic mass is 32.2. The SMILES string of the molecule is Cc1ccc(S(=O)(=O)c2cc(-c3ccccc3)c3ccc(C)cc3n2)cc1. The third-order valence-electron chi connectivity index (χ3n) is 4.63. The van der Waals surface area contributed by atoms with Gasteiger partial charge in [0.25, 0.3) is 0 Å². The Morgan fingerprint density at radius 3 is 2.11 bits per heavy atom. The summed E-state index contributed by atoms with van der Waals surface area (Å²) in [6.45, 7) is 3.91. The fraction of sp³-hybridized carbons (Fsp3) is 0.0870. The predicted molar refractivity (Wildman–Crippen MR) is 109 cm³/mol. The van der Waals surface area contributed by atoms with Crippen LogP contribution < -0.4 is 0 Å². The molecule has 1 heterocycles. The zero-order valence-corrected chi connectivity index (χ0v) is 16.0. The lowest BCUT2D eigenvalue weighted by Crippen LogP contribution is -2.05. The second-order valence-corrected chi connectivity index (χ2v) is 8.61. The maximum atomic E-state index is 13.2. The maximum absolute atomic E-state index is 13.2. The van der Waals surface area contributed by atoms with E-state index in [1.165, 1.54) is 0 Å². The van der Waals surface area contributed by atoms with Gasteiger partial charge in [-0.05, 0) is 54.8 Å². The summed E-state index contributed by atoms with van der Waals surface area (Å²) >= 11 is 0. The zero-order valence-electron chi connectivity index (χ0n) is 15.2. The van der Waals surface area contributed by atoms with Crippen LogP contribution in [0, 0.1) is 13.8 Å². The van der Waals surface area contributed by atoms with Gasteiger partial charge in [-0.25, -0.2) is 13.4 Å². The van der Waals surface area contributed by atoms with Crippen LogP contribution in [-0.4, -0.2) is 13.4 Å². The van der Waals surface area contributed by atoms with Crippen molar-refractivity contribution in [1.29, 1.82) is 0 Å². The Bertz CT molecular complexity index is 1230. The molecule has 4 rings (SSSR count). The first-order valence-corrected chi connectivity index (χ1v) is 10.2. The van der Waals surface area contributed by atoms with Crippen molar-refractivity contribution in [3.05, 3.63) is 90.0 Å². The van der Waals surface area contributed by atoms with Crippen LogP contribution in [0.5, 0.6) is 0 Å². The number of aromatic nitrogens is 1. The predicted octanol–water partition coefficient (Wildman–Crippen LogP) is 5.35. The molecule has 0 spiro atoms. The third-order valence-corrected chi connectivity index (χ3v) is 6.29. The Morgan fingerprint density at radius 1 is 0.741 bits per heavy atom. The van der Waals surface area contributed by atoms with Crippen LogP contribution >= 0.6 is 0 Å². The van der Waals surface area contributed by atoms with Crippen LogP contribution in [0.2, 0.25) is 0 Å². The van der Waals surface area contributed by atoms with Crippen LogP contribution in [-0.2, 0) is 9.84 Å². The minimum atomic E-state index is -3.70. The average molecular weight is 373 g/mol. The number of fused-ring (bicyclic) bond motifs is 1. The summed E-state index contributed by atoms with van der Waals surface area (Å²) in [5.41, 5.74) is 4.57. The highest BCUT2D eigenvalue weighted by molar-refractivity contribution is 7.91. The molecule has 0 N–H and O–H groups in total. The Balaban J connectivity index is 2.00. The minimum Gasteiger partial charge on any atom is -0.236 e. The maximum Gasteiger partial charge on any atom is 0.223 e. The van der Waals surface area contributed by atoms with E-state index in [0.29, 0.717) is 5.52 Å². The first-order chi connectivity index (χ1) is 12.9. The van der Waals surface area contributed by atoms with E-state index in [-0.39, 0.29) is 9.92 Å². The van der Waals surface area contributed by atoms with Crippen molar-refractivity contribution >= 4 is 20.7 Å². The standard InChI is InChI=1S/C23H19NO2S/c1-16-8-11-19(12-9-16)27(25,26)23-15-21(18-6-4-3-5-7-18)20-13-10-17(2)14-22(20)24-23/h3-15H,1-2H3. The van der Waals surface area contributed by atoms with E-state index >= 15 is 0 Å². The van der Waals surface area contributed by atoms with Gasteiger partial charge in [-0.3, -0.25) is 0 Å². The zero-order chi connectivity index (χ0) is 19.0. The molecule has 0 saturated heterocycles. The number of nitrogens with zero attached hydrogens (tertiary/aromatic N) is 1. The number of pyridine rings is 1. The smallest absolute Gasteiger partial charge is 0.223 e. The van der Waals surface area contributed by atoms with E-state index < -0.39 is 9.84 Å². The third kappa shape index (κ3) is 3.24. The van der Waals surface area contributed by atoms with Gasteiger partial charge in [0, 0.05) is 5.39 Å². The number of hydrogen-bond acceptors (Lipinski definition) is 3. The molecule has 0 saturated carbocycles. The summed E-state index contributed by atoms with van der Waals surface area (Å²) in [5, 5.41) is 1.01. The Kier molecular flexibility index (Phi) is 4.28. The normalized spacial score (nSPS) is 11.6. The molecule has 4 heteroatoms. The van der Waals surface area contributed by atoms with Gasteiger partial charge >= 0.3 is 0 Å². The summed E-state index contributed by atoms with van der Waals surface area (Å²) in [5.74, 6) is 0. The summed E-state index contributed by atoms with van der Waals surface area (Å²) in [4.78, 5) is 4.76. The van der Waals surface area contributed by atoms with Crippen molar-refractivity contribution in [2.24, 2.45) is 0 Å². The number of benzene rings is 3. The first kappa shape index (κ1) is 17.4. The van der Waals surface area contributed by atoms with E-state index in [0.717, 1.165) is 27.6 Å².